The number of halogens is 1. The Bertz CT molecular complexity index is 1070. The van der Waals surface area contributed by atoms with Gasteiger partial charge in [0.25, 0.3) is 17.4 Å². The fourth-order valence-electron chi connectivity index (χ4n) is 2.41. The highest BCUT2D eigenvalue weighted by atomic mass is 35.5. The molecule has 0 atom stereocenters. The summed E-state index contributed by atoms with van der Waals surface area (Å²) in [6.45, 7) is 0.151. The van der Waals surface area contributed by atoms with Crippen LogP contribution in [0.4, 0.5) is 0 Å². The van der Waals surface area contributed by atoms with E-state index in [1.54, 1.807) is 48.5 Å². The molecule has 2 amide bonds. The molecule has 9 heteroatoms. The fourth-order valence-corrected chi connectivity index (χ4v) is 2.60. The van der Waals surface area contributed by atoms with Gasteiger partial charge in [-0.2, -0.15) is 0 Å². The van der Waals surface area contributed by atoms with Gasteiger partial charge in [-0.1, -0.05) is 35.9 Å². The maximum absolute atomic E-state index is 12.1. The van der Waals surface area contributed by atoms with Gasteiger partial charge in [0.05, 0.1) is 15.9 Å². The Morgan fingerprint density at radius 2 is 1.75 bits per heavy atom. The van der Waals surface area contributed by atoms with Crippen molar-refractivity contribution in [1.29, 1.82) is 0 Å². The summed E-state index contributed by atoms with van der Waals surface area (Å²) in [5.74, 6) is -0.563. The molecule has 28 heavy (non-hydrogen) atoms. The Balaban J connectivity index is 1.45. The molecule has 1 aromatic heterocycles. The Kier molecular flexibility index (Phi) is 6.23. The predicted octanol–water partition coefficient (Wildman–Crippen LogP) is 1.50. The zero-order valence-electron chi connectivity index (χ0n) is 14.7. The van der Waals surface area contributed by atoms with Crippen molar-refractivity contribution in [3.05, 3.63) is 69.7 Å². The number of benzene rings is 2. The minimum Gasteiger partial charge on any atom is -0.482 e. The van der Waals surface area contributed by atoms with Gasteiger partial charge in [0.2, 0.25) is 0 Å². The number of carbonyl (C=O) groups excluding carboxylic acids is 2. The zero-order valence-corrected chi connectivity index (χ0v) is 15.5. The van der Waals surface area contributed by atoms with Crippen LogP contribution in [-0.2, 0) is 4.79 Å². The van der Waals surface area contributed by atoms with Crippen LogP contribution >= 0.6 is 11.6 Å². The molecule has 0 aliphatic heterocycles. The minimum absolute atomic E-state index is 0.0860. The molecule has 0 saturated heterocycles. The average molecular weight is 401 g/mol. The van der Waals surface area contributed by atoms with Crippen LogP contribution in [-0.4, -0.2) is 41.5 Å². The van der Waals surface area contributed by atoms with E-state index in [0.29, 0.717) is 21.7 Å². The zero-order chi connectivity index (χ0) is 19.9. The lowest BCUT2D eigenvalue weighted by Crippen LogP contribution is -2.37. The van der Waals surface area contributed by atoms with Gasteiger partial charge < -0.3 is 20.4 Å². The molecule has 3 aromatic rings. The molecule has 0 unspecified atom stereocenters. The summed E-state index contributed by atoms with van der Waals surface area (Å²) in [4.78, 5) is 42.5. The van der Waals surface area contributed by atoms with Crippen LogP contribution in [0.3, 0.4) is 0 Å². The summed E-state index contributed by atoms with van der Waals surface area (Å²) in [6.07, 6.45) is 0. The molecule has 0 aliphatic rings. The van der Waals surface area contributed by atoms with E-state index in [0.717, 1.165) is 0 Å². The number of hydrogen-bond donors (Lipinski definition) is 3. The van der Waals surface area contributed by atoms with Crippen molar-refractivity contribution in [3.63, 3.8) is 0 Å². The molecule has 2 aromatic carbocycles. The third-order valence-corrected chi connectivity index (χ3v) is 4.07. The van der Waals surface area contributed by atoms with E-state index >= 15 is 0 Å². The van der Waals surface area contributed by atoms with Crippen LogP contribution in [0.25, 0.3) is 10.9 Å². The molecular weight excluding hydrogens is 384 g/mol. The van der Waals surface area contributed by atoms with Crippen molar-refractivity contribution in [2.24, 2.45) is 0 Å². The number of ether oxygens (including phenoxy) is 1. The lowest BCUT2D eigenvalue weighted by molar-refractivity contribution is -0.123. The van der Waals surface area contributed by atoms with Crippen LogP contribution < -0.4 is 20.9 Å². The van der Waals surface area contributed by atoms with Crippen molar-refractivity contribution in [3.8, 4) is 5.75 Å². The number of aromatic amines is 1. The van der Waals surface area contributed by atoms with Crippen molar-refractivity contribution < 1.29 is 14.3 Å². The van der Waals surface area contributed by atoms with E-state index in [2.05, 4.69) is 20.6 Å². The minimum atomic E-state index is -0.538. The third-order valence-electron chi connectivity index (χ3n) is 3.76. The number of carbonyl (C=O) groups is 2. The first kappa shape index (κ1) is 19.4. The van der Waals surface area contributed by atoms with Gasteiger partial charge in [-0.05, 0) is 24.3 Å². The highest BCUT2D eigenvalue weighted by Crippen LogP contribution is 2.22. The molecule has 3 N–H and O–H groups in total. The number of para-hydroxylation sites is 2. The molecule has 0 spiro atoms. The van der Waals surface area contributed by atoms with Crippen molar-refractivity contribution in [1.82, 2.24) is 20.6 Å². The van der Waals surface area contributed by atoms with Gasteiger partial charge in [-0.25, -0.2) is 4.98 Å². The van der Waals surface area contributed by atoms with Crippen molar-refractivity contribution >= 4 is 34.3 Å². The van der Waals surface area contributed by atoms with Crippen molar-refractivity contribution in [2.45, 2.75) is 0 Å². The Labute approximate surface area is 164 Å². The topological polar surface area (TPSA) is 113 Å². The highest BCUT2D eigenvalue weighted by Gasteiger charge is 2.11. The van der Waals surface area contributed by atoms with Gasteiger partial charge in [-0.3, -0.25) is 14.4 Å². The number of fused-ring (bicyclic) bond motifs is 1. The number of aromatic nitrogens is 2. The number of amides is 2. The second-order valence-corrected chi connectivity index (χ2v) is 6.16. The summed E-state index contributed by atoms with van der Waals surface area (Å²) >= 11 is 5.94. The van der Waals surface area contributed by atoms with E-state index in [9.17, 15) is 14.4 Å². The summed E-state index contributed by atoms with van der Waals surface area (Å²) in [5.41, 5.74) is 0.0437. The molecule has 3 rings (SSSR count). The predicted molar refractivity (Wildman–Crippen MR) is 105 cm³/mol. The van der Waals surface area contributed by atoms with Crippen LogP contribution in [0.5, 0.6) is 5.75 Å². The number of nitrogens with zero attached hydrogens (tertiary/aromatic N) is 1. The smallest absolute Gasteiger partial charge is 0.287 e. The molecule has 0 fully saturated rings. The van der Waals surface area contributed by atoms with Crippen molar-refractivity contribution in [2.75, 3.05) is 19.7 Å². The highest BCUT2D eigenvalue weighted by molar-refractivity contribution is 6.32. The monoisotopic (exact) mass is 400 g/mol. The maximum atomic E-state index is 12.1. The quantitative estimate of drug-likeness (QED) is 0.520. The average Bonchev–Trinajstić information content (AvgIpc) is 2.70. The van der Waals surface area contributed by atoms with Gasteiger partial charge in [0.15, 0.2) is 12.4 Å². The molecule has 0 radical (unpaired) electrons. The molecule has 0 bridgehead atoms. The summed E-state index contributed by atoms with van der Waals surface area (Å²) in [7, 11) is 0. The third kappa shape index (κ3) is 4.86. The molecule has 0 aliphatic carbocycles. The fraction of sp³-hybridized carbons (Fsp3) is 0.158. The SMILES string of the molecule is O=C(COc1ccccc1Cl)NCCNC(=O)c1nc2ccccc2c(=O)[nH]1. The standard InChI is InChI=1S/C19H17ClN4O4/c20-13-6-2-4-8-15(13)28-11-16(25)21-9-10-22-19(27)17-23-14-7-3-1-5-12(14)18(26)24-17/h1-8H,9-11H2,(H,21,25)(H,22,27)(H,23,24,26). The molecule has 1 heterocycles. The number of H-pyrrole nitrogens is 1. The van der Waals surface area contributed by atoms with E-state index < -0.39 is 5.91 Å². The first-order valence-electron chi connectivity index (χ1n) is 8.46. The van der Waals surface area contributed by atoms with E-state index in [1.807, 2.05) is 0 Å². The number of rotatable bonds is 7. The summed E-state index contributed by atoms with van der Waals surface area (Å²) < 4.78 is 5.32. The second-order valence-electron chi connectivity index (χ2n) is 5.76. The number of hydrogen-bond acceptors (Lipinski definition) is 5. The molecule has 0 saturated carbocycles. The van der Waals surface area contributed by atoms with E-state index in [-0.39, 0.29) is 37.0 Å². The van der Waals surface area contributed by atoms with Gasteiger partial charge >= 0.3 is 0 Å². The molecule has 8 nitrogen and oxygen atoms in total. The largest absolute Gasteiger partial charge is 0.482 e. The summed E-state index contributed by atoms with van der Waals surface area (Å²) in [5, 5.41) is 6.01. The maximum Gasteiger partial charge on any atom is 0.287 e. The Morgan fingerprint density at radius 1 is 1.04 bits per heavy atom. The summed E-state index contributed by atoms with van der Waals surface area (Å²) in [6, 6.07) is 13.6. The number of nitrogens with one attached hydrogen (secondary N) is 3. The lowest BCUT2D eigenvalue weighted by atomic mass is 10.2. The first-order chi connectivity index (χ1) is 13.5. The molecular formula is C19H17ClN4O4. The van der Waals surface area contributed by atoms with Gasteiger partial charge in [0, 0.05) is 13.1 Å². The van der Waals surface area contributed by atoms with Crippen LogP contribution in [0.1, 0.15) is 10.6 Å². The first-order valence-corrected chi connectivity index (χ1v) is 8.83. The lowest BCUT2D eigenvalue weighted by Gasteiger charge is -2.09. The molecule has 144 valence electrons. The Morgan fingerprint density at radius 3 is 2.57 bits per heavy atom. The normalized spacial score (nSPS) is 10.5. The van der Waals surface area contributed by atoms with Crippen LogP contribution in [0.2, 0.25) is 5.02 Å². The van der Waals surface area contributed by atoms with Gasteiger partial charge in [0.1, 0.15) is 5.75 Å². The van der Waals surface area contributed by atoms with Crippen LogP contribution in [0.15, 0.2) is 53.3 Å². The second kappa shape index (κ2) is 9.01. The van der Waals surface area contributed by atoms with E-state index in [1.165, 1.54) is 0 Å². The van der Waals surface area contributed by atoms with Gasteiger partial charge in [-0.15, -0.1) is 0 Å². The van der Waals surface area contributed by atoms with Crippen LogP contribution in [0, 0.1) is 0 Å². The Hall–Kier alpha value is -3.39. The van der Waals surface area contributed by atoms with E-state index in [4.69, 9.17) is 16.3 Å².